The highest BCUT2D eigenvalue weighted by Gasteiger charge is 2.13. The Bertz CT molecular complexity index is 293. The SMILES string of the molecule is CC.CC(=O)CN(C)CCN(C)CCN(C)C(=O)C(C)C. The van der Waals surface area contributed by atoms with Gasteiger partial charge in [0.1, 0.15) is 5.78 Å². The second kappa shape index (κ2) is 12.8. The monoisotopic (exact) mass is 301 g/mol. The Morgan fingerprint density at radius 1 is 0.857 bits per heavy atom. The van der Waals surface area contributed by atoms with Gasteiger partial charge in [0.15, 0.2) is 0 Å². The summed E-state index contributed by atoms with van der Waals surface area (Å²) < 4.78 is 0. The van der Waals surface area contributed by atoms with Crippen LogP contribution in [0.3, 0.4) is 0 Å². The Hall–Kier alpha value is -0.940. The van der Waals surface area contributed by atoms with E-state index in [1.807, 2.05) is 53.7 Å². The first-order valence-electron chi connectivity index (χ1n) is 7.85. The van der Waals surface area contributed by atoms with Crippen LogP contribution in [0.25, 0.3) is 0 Å². The summed E-state index contributed by atoms with van der Waals surface area (Å²) in [4.78, 5) is 28.6. The Labute approximate surface area is 131 Å². The normalized spacial score (nSPS) is 10.6. The summed E-state index contributed by atoms with van der Waals surface area (Å²) in [5.41, 5.74) is 0. The van der Waals surface area contributed by atoms with E-state index in [4.69, 9.17) is 0 Å². The topological polar surface area (TPSA) is 43.9 Å². The van der Waals surface area contributed by atoms with E-state index in [-0.39, 0.29) is 17.6 Å². The number of Topliss-reactive ketones (excluding diaryl/α,β-unsaturated/α-hetero) is 1. The molecule has 0 spiro atoms. The summed E-state index contributed by atoms with van der Waals surface area (Å²) in [7, 11) is 5.83. The molecule has 0 aliphatic carbocycles. The second-order valence-corrected chi connectivity index (χ2v) is 5.66. The van der Waals surface area contributed by atoms with Gasteiger partial charge in [0.05, 0.1) is 6.54 Å². The molecule has 0 bridgehead atoms. The van der Waals surface area contributed by atoms with Crippen LogP contribution >= 0.6 is 0 Å². The number of ketones is 1. The second-order valence-electron chi connectivity index (χ2n) is 5.66. The lowest BCUT2D eigenvalue weighted by Crippen LogP contribution is -2.39. The molecule has 0 saturated heterocycles. The van der Waals surface area contributed by atoms with E-state index in [0.29, 0.717) is 6.54 Å². The molecule has 5 nitrogen and oxygen atoms in total. The molecule has 0 atom stereocenters. The maximum Gasteiger partial charge on any atom is 0.224 e. The third-order valence-electron chi connectivity index (χ3n) is 3.04. The van der Waals surface area contributed by atoms with Crippen LogP contribution in [0, 0.1) is 5.92 Å². The van der Waals surface area contributed by atoms with E-state index in [2.05, 4.69) is 4.90 Å². The van der Waals surface area contributed by atoms with E-state index in [0.717, 1.165) is 26.2 Å². The van der Waals surface area contributed by atoms with Crippen LogP contribution in [0.2, 0.25) is 0 Å². The minimum atomic E-state index is 0.0528. The third kappa shape index (κ3) is 12.5. The van der Waals surface area contributed by atoms with E-state index in [9.17, 15) is 9.59 Å². The first kappa shape index (κ1) is 22.3. The average Bonchev–Trinajstić information content (AvgIpc) is 2.42. The minimum absolute atomic E-state index is 0.0528. The number of amides is 1. The van der Waals surface area contributed by atoms with Crippen LogP contribution in [-0.4, -0.2) is 80.3 Å². The molecule has 0 aromatic carbocycles. The molecule has 0 aliphatic rings. The molecule has 0 fully saturated rings. The average molecular weight is 301 g/mol. The van der Waals surface area contributed by atoms with Gasteiger partial charge in [0.2, 0.25) is 5.91 Å². The Morgan fingerprint density at radius 3 is 1.71 bits per heavy atom. The van der Waals surface area contributed by atoms with Crippen LogP contribution in [0.5, 0.6) is 0 Å². The molecule has 21 heavy (non-hydrogen) atoms. The van der Waals surface area contributed by atoms with Gasteiger partial charge in [-0.1, -0.05) is 27.7 Å². The van der Waals surface area contributed by atoms with Crippen LogP contribution < -0.4 is 0 Å². The predicted molar refractivity (Wildman–Crippen MR) is 89.5 cm³/mol. The number of rotatable bonds is 9. The van der Waals surface area contributed by atoms with Crippen LogP contribution in [0.1, 0.15) is 34.6 Å². The summed E-state index contributed by atoms with van der Waals surface area (Å²) >= 11 is 0. The lowest BCUT2D eigenvalue weighted by atomic mass is 10.2. The lowest BCUT2D eigenvalue weighted by molar-refractivity contribution is -0.133. The molecule has 0 aliphatic heterocycles. The van der Waals surface area contributed by atoms with Gasteiger partial charge in [-0.25, -0.2) is 0 Å². The first-order valence-corrected chi connectivity index (χ1v) is 7.85. The van der Waals surface area contributed by atoms with Gasteiger partial charge >= 0.3 is 0 Å². The standard InChI is InChI=1S/C14H29N3O2.C2H6/c1-12(2)14(19)17(6)10-9-15(4)7-8-16(5)11-13(3)18;1-2/h12H,7-11H2,1-6H3;1-2H3. The lowest BCUT2D eigenvalue weighted by Gasteiger charge is -2.25. The van der Waals surface area contributed by atoms with E-state index >= 15 is 0 Å². The largest absolute Gasteiger partial charge is 0.344 e. The maximum absolute atomic E-state index is 11.7. The van der Waals surface area contributed by atoms with Gasteiger partial charge in [-0.2, -0.15) is 0 Å². The van der Waals surface area contributed by atoms with Crippen molar-refractivity contribution in [3.63, 3.8) is 0 Å². The van der Waals surface area contributed by atoms with Gasteiger partial charge < -0.3 is 9.80 Å². The summed E-state index contributed by atoms with van der Waals surface area (Å²) in [6.07, 6.45) is 0. The molecule has 5 heteroatoms. The van der Waals surface area contributed by atoms with Crippen molar-refractivity contribution < 1.29 is 9.59 Å². The first-order chi connectivity index (χ1) is 9.73. The molecule has 0 rings (SSSR count). The highest BCUT2D eigenvalue weighted by molar-refractivity contribution is 5.78. The zero-order chi connectivity index (χ0) is 17.0. The number of hydrogen-bond donors (Lipinski definition) is 0. The number of carbonyl (C=O) groups is 2. The fourth-order valence-corrected chi connectivity index (χ4v) is 1.78. The van der Waals surface area contributed by atoms with Crippen molar-refractivity contribution in [2.45, 2.75) is 34.6 Å². The van der Waals surface area contributed by atoms with E-state index in [1.54, 1.807) is 11.8 Å². The van der Waals surface area contributed by atoms with Gasteiger partial charge in [-0.3, -0.25) is 14.5 Å². The van der Waals surface area contributed by atoms with Crippen molar-refractivity contribution in [1.29, 1.82) is 0 Å². The molecule has 0 unspecified atom stereocenters. The van der Waals surface area contributed by atoms with Crippen molar-refractivity contribution in [3.8, 4) is 0 Å². The van der Waals surface area contributed by atoms with E-state index < -0.39 is 0 Å². The molecule has 126 valence electrons. The molecule has 0 N–H and O–H groups in total. The number of carbonyl (C=O) groups excluding carboxylic acids is 2. The fourth-order valence-electron chi connectivity index (χ4n) is 1.78. The summed E-state index contributed by atoms with van der Waals surface area (Å²) in [5, 5.41) is 0. The van der Waals surface area contributed by atoms with Gasteiger partial charge in [-0.15, -0.1) is 0 Å². The van der Waals surface area contributed by atoms with E-state index in [1.165, 1.54) is 0 Å². The highest BCUT2D eigenvalue weighted by atomic mass is 16.2. The van der Waals surface area contributed by atoms with Gasteiger partial charge in [-0.05, 0) is 21.0 Å². The summed E-state index contributed by atoms with van der Waals surface area (Å²) in [6, 6.07) is 0. The number of likely N-dealkylation sites (N-methyl/N-ethyl adjacent to an activating group) is 3. The quantitative estimate of drug-likeness (QED) is 0.648. The summed E-state index contributed by atoms with van der Waals surface area (Å²) in [6.45, 7) is 13.3. The predicted octanol–water partition coefficient (Wildman–Crippen LogP) is 1.58. The Kier molecular flexibility index (Phi) is 13.6. The van der Waals surface area contributed by atoms with Crippen molar-refractivity contribution in [3.05, 3.63) is 0 Å². The zero-order valence-corrected chi connectivity index (χ0v) is 15.3. The molecule has 0 radical (unpaired) electrons. The smallest absolute Gasteiger partial charge is 0.224 e. The molecule has 0 aromatic rings. The van der Waals surface area contributed by atoms with Crippen LogP contribution in [0.4, 0.5) is 0 Å². The van der Waals surface area contributed by atoms with Crippen molar-refractivity contribution in [2.75, 3.05) is 53.9 Å². The van der Waals surface area contributed by atoms with Crippen LogP contribution in [0.15, 0.2) is 0 Å². The van der Waals surface area contributed by atoms with Crippen molar-refractivity contribution in [1.82, 2.24) is 14.7 Å². The molecule has 0 saturated carbocycles. The minimum Gasteiger partial charge on any atom is -0.344 e. The molecule has 0 heterocycles. The molecule has 1 amide bonds. The fraction of sp³-hybridized carbons (Fsp3) is 0.875. The van der Waals surface area contributed by atoms with Gasteiger partial charge in [0.25, 0.3) is 0 Å². The Balaban J connectivity index is 0. The number of nitrogens with zero attached hydrogens (tertiary/aromatic N) is 3. The molecule has 0 aromatic heterocycles. The number of hydrogen-bond acceptors (Lipinski definition) is 4. The highest BCUT2D eigenvalue weighted by Crippen LogP contribution is 1.99. The zero-order valence-electron chi connectivity index (χ0n) is 15.3. The van der Waals surface area contributed by atoms with Crippen molar-refractivity contribution in [2.24, 2.45) is 5.92 Å². The third-order valence-corrected chi connectivity index (χ3v) is 3.04. The van der Waals surface area contributed by atoms with Gasteiger partial charge in [0, 0.05) is 39.1 Å². The molecular weight excluding hydrogens is 266 g/mol. The van der Waals surface area contributed by atoms with Crippen molar-refractivity contribution >= 4 is 11.7 Å². The molecular formula is C16H35N3O2. The summed E-state index contributed by atoms with van der Waals surface area (Å²) in [5.74, 6) is 0.423. The Morgan fingerprint density at radius 2 is 1.29 bits per heavy atom. The maximum atomic E-state index is 11.7. The van der Waals surface area contributed by atoms with Crippen LogP contribution in [-0.2, 0) is 9.59 Å².